The molecule has 4 amide bonds. The number of nitrogens with one attached hydrogen (secondary N) is 4. The molecule has 2 aliphatic carbocycles. The van der Waals surface area contributed by atoms with Gasteiger partial charge < -0.3 is 27.0 Å². The zero-order valence-electron chi connectivity index (χ0n) is 17.9. The third-order valence-corrected chi connectivity index (χ3v) is 5.66. The normalized spacial score (nSPS) is 18.9. The van der Waals surface area contributed by atoms with Gasteiger partial charge in [0.25, 0.3) is 0 Å². The summed E-state index contributed by atoms with van der Waals surface area (Å²) in [5.41, 5.74) is 4.80. The van der Waals surface area contributed by atoms with Crippen molar-refractivity contribution in [1.29, 1.82) is 0 Å². The summed E-state index contributed by atoms with van der Waals surface area (Å²) in [6.45, 7) is -0.986. The van der Waals surface area contributed by atoms with Gasteiger partial charge in [-0.25, -0.2) is 0 Å². The summed E-state index contributed by atoms with van der Waals surface area (Å²) >= 11 is 0. The van der Waals surface area contributed by atoms with Crippen LogP contribution in [0.4, 0.5) is 13.2 Å². The number of amides is 4. The summed E-state index contributed by atoms with van der Waals surface area (Å²) < 4.78 is 37.4. The second-order valence-corrected chi connectivity index (χ2v) is 8.50. The third kappa shape index (κ3) is 9.41. The van der Waals surface area contributed by atoms with Crippen molar-refractivity contribution in [2.24, 2.45) is 11.7 Å². The second-order valence-electron chi connectivity index (χ2n) is 8.50. The number of carbonyl (C=O) groups is 4. The van der Waals surface area contributed by atoms with E-state index in [9.17, 15) is 32.3 Å². The van der Waals surface area contributed by atoms with Crippen LogP contribution < -0.4 is 27.0 Å². The molecule has 0 heterocycles. The Labute approximate surface area is 184 Å². The Morgan fingerprint density at radius 1 is 0.875 bits per heavy atom. The predicted molar refractivity (Wildman–Crippen MR) is 109 cm³/mol. The summed E-state index contributed by atoms with van der Waals surface area (Å²) in [6.07, 6.45) is 3.38. The van der Waals surface area contributed by atoms with Gasteiger partial charge in [0.2, 0.25) is 23.6 Å². The van der Waals surface area contributed by atoms with E-state index in [0.717, 1.165) is 38.5 Å². The first-order valence-electron chi connectivity index (χ1n) is 11.0. The van der Waals surface area contributed by atoms with Crippen molar-refractivity contribution in [3.8, 4) is 0 Å². The maximum atomic E-state index is 12.6. The topological polar surface area (TPSA) is 142 Å². The Morgan fingerprint density at radius 3 is 2.06 bits per heavy atom. The SMILES string of the molecule is NC(C(=O)NCC(=O)NC(CCC1CCCCC1)C(=O)NCC(=O)NC1CC1)C(F)(F)F. The van der Waals surface area contributed by atoms with Gasteiger partial charge in [0.15, 0.2) is 6.04 Å². The van der Waals surface area contributed by atoms with Crippen LogP contribution in [0, 0.1) is 5.92 Å². The molecular formula is C20H32F3N5O4. The van der Waals surface area contributed by atoms with Crippen molar-refractivity contribution in [2.45, 2.75) is 82.1 Å². The van der Waals surface area contributed by atoms with Crippen molar-refractivity contribution < 1.29 is 32.3 Å². The highest BCUT2D eigenvalue weighted by atomic mass is 19.4. The van der Waals surface area contributed by atoms with Gasteiger partial charge in [-0.05, 0) is 31.6 Å². The average molecular weight is 464 g/mol. The largest absolute Gasteiger partial charge is 0.412 e. The van der Waals surface area contributed by atoms with Gasteiger partial charge in [0, 0.05) is 6.04 Å². The number of nitrogens with two attached hydrogens (primary N) is 1. The monoisotopic (exact) mass is 463 g/mol. The highest BCUT2D eigenvalue weighted by Crippen LogP contribution is 2.27. The zero-order valence-corrected chi connectivity index (χ0v) is 17.9. The van der Waals surface area contributed by atoms with E-state index in [1.807, 2.05) is 5.32 Å². The zero-order chi connectivity index (χ0) is 23.7. The molecule has 32 heavy (non-hydrogen) atoms. The van der Waals surface area contributed by atoms with Crippen LogP contribution in [0.2, 0.25) is 0 Å². The smallest absolute Gasteiger partial charge is 0.352 e. The number of hydrogen-bond donors (Lipinski definition) is 5. The van der Waals surface area contributed by atoms with E-state index in [1.54, 1.807) is 0 Å². The lowest BCUT2D eigenvalue weighted by Crippen LogP contribution is -2.54. The molecule has 0 aromatic heterocycles. The standard InChI is InChI=1S/C20H32F3N5O4/c21-20(22,23)17(24)19(32)26-11-16(30)28-14(9-6-12-4-2-1-3-5-12)18(31)25-10-15(29)27-13-7-8-13/h12-14,17H,1-11,24H2,(H,25,31)(H,26,32)(H,27,29)(H,28,30). The summed E-state index contributed by atoms with van der Waals surface area (Å²) in [5, 5.41) is 9.50. The van der Waals surface area contributed by atoms with Gasteiger partial charge in [-0.1, -0.05) is 32.1 Å². The Morgan fingerprint density at radius 2 is 1.47 bits per heavy atom. The molecule has 182 valence electrons. The number of carbonyl (C=O) groups excluding carboxylic acids is 4. The molecule has 0 radical (unpaired) electrons. The van der Waals surface area contributed by atoms with E-state index < -0.39 is 42.5 Å². The van der Waals surface area contributed by atoms with Gasteiger partial charge in [0.05, 0.1) is 13.1 Å². The molecule has 2 fully saturated rings. The van der Waals surface area contributed by atoms with Crippen LogP contribution >= 0.6 is 0 Å². The Balaban J connectivity index is 1.85. The van der Waals surface area contributed by atoms with Crippen LogP contribution in [0.5, 0.6) is 0 Å². The molecule has 2 rings (SSSR count). The first kappa shape index (κ1) is 25.9. The number of halogens is 3. The van der Waals surface area contributed by atoms with Gasteiger partial charge in [-0.2, -0.15) is 13.2 Å². The molecular weight excluding hydrogens is 431 g/mol. The highest BCUT2D eigenvalue weighted by Gasteiger charge is 2.42. The fourth-order valence-corrected chi connectivity index (χ4v) is 3.62. The fourth-order valence-electron chi connectivity index (χ4n) is 3.62. The Bertz CT molecular complexity index is 679. The van der Waals surface area contributed by atoms with E-state index in [2.05, 4.69) is 16.0 Å². The molecule has 6 N–H and O–H groups in total. The molecule has 9 nitrogen and oxygen atoms in total. The minimum absolute atomic E-state index is 0.146. The summed E-state index contributed by atoms with van der Waals surface area (Å²) in [5.74, 6) is -2.81. The van der Waals surface area contributed by atoms with Crippen LogP contribution in [0.3, 0.4) is 0 Å². The van der Waals surface area contributed by atoms with Gasteiger partial charge >= 0.3 is 6.18 Å². The minimum Gasteiger partial charge on any atom is -0.352 e. The molecule has 2 aliphatic rings. The van der Waals surface area contributed by atoms with Crippen LogP contribution in [-0.2, 0) is 19.2 Å². The molecule has 0 aromatic carbocycles. The van der Waals surface area contributed by atoms with Crippen molar-refractivity contribution in [2.75, 3.05) is 13.1 Å². The quantitative estimate of drug-likeness (QED) is 0.298. The lowest BCUT2D eigenvalue weighted by atomic mass is 9.85. The van der Waals surface area contributed by atoms with E-state index >= 15 is 0 Å². The molecule has 2 atom stereocenters. The maximum Gasteiger partial charge on any atom is 0.412 e. The molecule has 2 unspecified atom stereocenters. The van der Waals surface area contributed by atoms with E-state index in [4.69, 9.17) is 5.73 Å². The first-order chi connectivity index (χ1) is 15.1. The molecule has 0 saturated heterocycles. The lowest BCUT2D eigenvalue weighted by molar-refractivity contribution is -0.163. The average Bonchev–Trinajstić information content (AvgIpc) is 3.56. The van der Waals surface area contributed by atoms with Crippen molar-refractivity contribution in [3.63, 3.8) is 0 Å². The van der Waals surface area contributed by atoms with Crippen molar-refractivity contribution >= 4 is 23.6 Å². The Kier molecular flexibility index (Phi) is 9.73. The first-order valence-corrected chi connectivity index (χ1v) is 11.0. The van der Waals surface area contributed by atoms with Crippen molar-refractivity contribution in [3.05, 3.63) is 0 Å². The molecule has 0 aliphatic heterocycles. The molecule has 0 aromatic rings. The van der Waals surface area contributed by atoms with E-state index in [-0.39, 0.29) is 18.5 Å². The minimum atomic E-state index is -4.93. The van der Waals surface area contributed by atoms with Gasteiger partial charge in [0.1, 0.15) is 6.04 Å². The highest BCUT2D eigenvalue weighted by molar-refractivity contribution is 5.92. The summed E-state index contributed by atoms with van der Waals surface area (Å²) in [6, 6.07) is -3.56. The fraction of sp³-hybridized carbons (Fsp3) is 0.800. The van der Waals surface area contributed by atoms with E-state index in [1.165, 1.54) is 6.42 Å². The van der Waals surface area contributed by atoms with Crippen LogP contribution in [-0.4, -0.2) is 61.0 Å². The lowest BCUT2D eigenvalue weighted by Gasteiger charge is -2.24. The molecule has 0 spiro atoms. The van der Waals surface area contributed by atoms with Crippen LogP contribution in [0.15, 0.2) is 0 Å². The summed E-state index contributed by atoms with van der Waals surface area (Å²) in [7, 11) is 0. The third-order valence-electron chi connectivity index (χ3n) is 5.66. The predicted octanol–water partition coefficient (Wildman–Crippen LogP) is 0.232. The maximum absolute atomic E-state index is 12.6. The van der Waals surface area contributed by atoms with Crippen LogP contribution in [0.1, 0.15) is 57.8 Å². The van der Waals surface area contributed by atoms with Gasteiger partial charge in [-0.3, -0.25) is 19.2 Å². The molecule has 2 saturated carbocycles. The number of alkyl halides is 3. The molecule has 12 heteroatoms. The number of hydrogen-bond acceptors (Lipinski definition) is 5. The van der Waals surface area contributed by atoms with E-state index in [0.29, 0.717) is 18.8 Å². The second kappa shape index (κ2) is 12.0. The Hall–Kier alpha value is -2.37. The number of rotatable bonds is 11. The summed E-state index contributed by atoms with van der Waals surface area (Å²) in [4.78, 5) is 48.0. The van der Waals surface area contributed by atoms with Crippen molar-refractivity contribution in [1.82, 2.24) is 21.3 Å². The van der Waals surface area contributed by atoms with Gasteiger partial charge in [-0.15, -0.1) is 0 Å². The van der Waals surface area contributed by atoms with Crippen LogP contribution in [0.25, 0.3) is 0 Å². The molecule has 0 bridgehead atoms.